The lowest BCUT2D eigenvalue weighted by Gasteiger charge is -2.20. The summed E-state index contributed by atoms with van der Waals surface area (Å²) in [6, 6.07) is 0. The number of aliphatic hydroxyl groups excluding tert-OH is 1. The predicted octanol–water partition coefficient (Wildman–Crippen LogP) is 12.0. The molecule has 0 aliphatic carbocycles. The second-order valence-electron chi connectivity index (χ2n) is 15.3. The van der Waals surface area contributed by atoms with Crippen LogP contribution in [0.15, 0.2) is 60.8 Å². The van der Waals surface area contributed by atoms with Crippen LogP contribution in [0.25, 0.3) is 0 Å². The summed E-state index contributed by atoms with van der Waals surface area (Å²) < 4.78 is 47.8. The average Bonchev–Trinajstić information content (AvgIpc) is 3.22. The Hall–Kier alpha value is -2.18. The van der Waals surface area contributed by atoms with E-state index in [1.54, 1.807) is 0 Å². The van der Waals surface area contributed by atoms with Crippen molar-refractivity contribution in [3.8, 4) is 0 Å². The molecule has 0 fully saturated rings. The second-order valence-corrected chi connectivity index (χ2v) is 18.0. The highest BCUT2D eigenvalue weighted by Gasteiger charge is 2.28. The molecule has 4 N–H and O–H groups in total. The van der Waals surface area contributed by atoms with E-state index in [0.717, 1.165) is 83.5 Å². The monoisotopic (exact) mass is 905 g/mol. The molecule has 61 heavy (non-hydrogen) atoms. The molecule has 0 aromatic heterocycles. The summed E-state index contributed by atoms with van der Waals surface area (Å²) in [5.41, 5.74) is 0. The van der Waals surface area contributed by atoms with Crippen molar-refractivity contribution in [3.63, 3.8) is 0 Å². The number of phosphoric ester groups is 2. The lowest BCUT2D eigenvalue weighted by molar-refractivity contribution is -0.161. The van der Waals surface area contributed by atoms with Crippen LogP contribution < -0.4 is 0 Å². The normalized spacial score (nSPS) is 14.5. The fourth-order valence-corrected chi connectivity index (χ4v) is 7.08. The topological polar surface area (TPSA) is 195 Å². The van der Waals surface area contributed by atoms with Gasteiger partial charge in [0.25, 0.3) is 0 Å². The number of ether oxygens (including phenoxy) is 2. The van der Waals surface area contributed by atoms with E-state index >= 15 is 0 Å². The Bertz CT molecular complexity index is 1310. The first kappa shape index (κ1) is 58.8. The molecule has 3 atom stereocenters. The number of allylic oxidation sites excluding steroid dienone is 10. The van der Waals surface area contributed by atoms with Gasteiger partial charge in [0.15, 0.2) is 6.10 Å². The van der Waals surface area contributed by atoms with Gasteiger partial charge in [0.2, 0.25) is 0 Å². The fraction of sp³-hybridized carbons (Fsp3) is 0.739. The molecule has 0 saturated carbocycles. The molecule has 0 saturated heterocycles. The standard InChI is InChI=1S/C46H82O13P2/c1-3-5-7-9-11-13-15-17-19-21-23-25-27-29-31-33-35-37-45(48)55-41-44(42-58-61(53,54)57-40-43(47)39-56-60(50,51)52)59-46(49)38-36-34-32-30-28-26-24-22-20-18-16-14-12-10-8-6-4-2/h5,7,11,13,17-20,23,25,43-44,47H,3-4,6,8-10,12,14-16,21-22,24,26-42H2,1-2H3,(H,53,54)(H2,50,51,52)/b7-5-,13-11-,19-17-,20-18-,25-23-/t43-,44+/m0/s1. The third-order valence-electron chi connectivity index (χ3n) is 9.38. The third-order valence-corrected chi connectivity index (χ3v) is 10.8. The van der Waals surface area contributed by atoms with Gasteiger partial charge in [-0.15, -0.1) is 0 Å². The molecule has 354 valence electrons. The fourth-order valence-electron chi connectivity index (χ4n) is 5.92. The Labute approximate surface area is 368 Å². The van der Waals surface area contributed by atoms with Crippen molar-refractivity contribution >= 4 is 27.6 Å². The minimum atomic E-state index is -4.87. The third kappa shape index (κ3) is 45.7. The van der Waals surface area contributed by atoms with Crippen LogP contribution in [0.4, 0.5) is 0 Å². The van der Waals surface area contributed by atoms with Gasteiger partial charge in [0, 0.05) is 12.8 Å². The number of carbonyl (C=O) groups is 2. The van der Waals surface area contributed by atoms with Crippen LogP contribution >= 0.6 is 15.6 Å². The van der Waals surface area contributed by atoms with Crippen molar-refractivity contribution in [1.29, 1.82) is 0 Å². The van der Waals surface area contributed by atoms with Gasteiger partial charge < -0.3 is 29.3 Å². The Morgan fingerprint density at radius 2 is 0.902 bits per heavy atom. The van der Waals surface area contributed by atoms with Crippen LogP contribution in [0.2, 0.25) is 0 Å². The number of carbonyl (C=O) groups excluding carboxylic acids is 2. The molecule has 0 rings (SSSR count). The van der Waals surface area contributed by atoms with Gasteiger partial charge >= 0.3 is 27.6 Å². The van der Waals surface area contributed by atoms with Gasteiger partial charge in [-0.2, -0.15) is 0 Å². The van der Waals surface area contributed by atoms with Gasteiger partial charge in [-0.1, -0.05) is 152 Å². The molecular weight excluding hydrogens is 822 g/mol. The molecule has 0 aromatic rings. The van der Waals surface area contributed by atoms with Crippen LogP contribution in [-0.2, 0) is 41.8 Å². The van der Waals surface area contributed by atoms with Crippen LogP contribution in [0, 0.1) is 0 Å². The zero-order chi connectivity index (χ0) is 45.1. The van der Waals surface area contributed by atoms with Crippen LogP contribution in [-0.4, -0.2) is 70.4 Å². The van der Waals surface area contributed by atoms with Gasteiger partial charge in [0.1, 0.15) is 12.7 Å². The van der Waals surface area contributed by atoms with Crippen molar-refractivity contribution < 1.29 is 61.6 Å². The largest absolute Gasteiger partial charge is 0.472 e. The highest BCUT2D eigenvalue weighted by atomic mass is 31.2. The molecule has 15 heteroatoms. The zero-order valence-corrected chi connectivity index (χ0v) is 39.3. The van der Waals surface area contributed by atoms with E-state index in [2.05, 4.69) is 79.1 Å². The molecule has 0 aliphatic rings. The summed E-state index contributed by atoms with van der Waals surface area (Å²) in [6.45, 7) is 1.62. The van der Waals surface area contributed by atoms with Crippen LogP contribution in [0.1, 0.15) is 181 Å². The van der Waals surface area contributed by atoms with E-state index < -0.39 is 66.2 Å². The molecule has 1 unspecified atom stereocenters. The second kappa shape index (κ2) is 41.8. The number of hydrogen-bond donors (Lipinski definition) is 4. The van der Waals surface area contributed by atoms with E-state index in [9.17, 15) is 28.7 Å². The Kier molecular flexibility index (Phi) is 40.3. The first-order valence-corrected chi connectivity index (χ1v) is 26.0. The van der Waals surface area contributed by atoms with E-state index in [1.165, 1.54) is 57.8 Å². The zero-order valence-electron chi connectivity index (χ0n) is 37.5. The molecule has 0 amide bonds. The van der Waals surface area contributed by atoms with E-state index in [0.29, 0.717) is 12.8 Å². The smallest absolute Gasteiger partial charge is 0.462 e. The van der Waals surface area contributed by atoms with E-state index in [4.69, 9.17) is 28.3 Å². The number of phosphoric acid groups is 2. The highest BCUT2D eigenvalue weighted by Crippen LogP contribution is 2.43. The van der Waals surface area contributed by atoms with Gasteiger partial charge in [0.05, 0.1) is 19.8 Å². The van der Waals surface area contributed by atoms with Gasteiger partial charge in [-0.3, -0.25) is 23.2 Å². The Morgan fingerprint density at radius 1 is 0.492 bits per heavy atom. The SMILES string of the molecule is CC/C=C\C/C=C\C/C=C\C/C=C\CCCCCCC(=O)OC[C@H](COP(=O)(O)OC[C@@H](O)COP(=O)(O)O)OC(=O)CCCCCCCCC/C=C\CCCCCCCC. The quantitative estimate of drug-likeness (QED) is 0.0195. The number of unbranched alkanes of at least 4 members (excludes halogenated alkanes) is 17. The molecule has 0 aromatic carbocycles. The van der Waals surface area contributed by atoms with E-state index in [1.807, 2.05) is 0 Å². The summed E-state index contributed by atoms with van der Waals surface area (Å²) in [4.78, 5) is 52.8. The highest BCUT2D eigenvalue weighted by molar-refractivity contribution is 7.47. The molecule has 13 nitrogen and oxygen atoms in total. The average molecular weight is 905 g/mol. The number of esters is 2. The minimum Gasteiger partial charge on any atom is -0.462 e. The maximum absolute atomic E-state index is 12.7. The van der Waals surface area contributed by atoms with Crippen LogP contribution in [0.3, 0.4) is 0 Å². The summed E-state index contributed by atoms with van der Waals surface area (Å²) >= 11 is 0. The van der Waals surface area contributed by atoms with Crippen LogP contribution in [0.5, 0.6) is 0 Å². The molecule has 0 bridgehead atoms. The summed E-state index contributed by atoms with van der Waals surface area (Å²) in [6.07, 6.45) is 44.9. The first-order valence-electron chi connectivity index (χ1n) is 23.0. The summed E-state index contributed by atoms with van der Waals surface area (Å²) in [7, 11) is -9.68. The molecule has 0 aliphatic heterocycles. The minimum absolute atomic E-state index is 0.119. The number of rotatable bonds is 43. The van der Waals surface area contributed by atoms with Crippen molar-refractivity contribution in [2.24, 2.45) is 0 Å². The molecule has 0 heterocycles. The molecule has 0 spiro atoms. The van der Waals surface area contributed by atoms with Crippen molar-refractivity contribution in [1.82, 2.24) is 0 Å². The van der Waals surface area contributed by atoms with Crippen molar-refractivity contribution in [2.45, 2.75) is 193 Å². The Balaban J connectivity index is 4.54. The predicted molar refractivity (Wildman–Crippen MR) is 244 cm³/mol. The number of hydrogen-bond acceptors (Lipinski definition) is 10. The summed E-state index contributed by atoms with van der Waals surface area (Å²) in [5, 5.41) is 9.76. The molecular formula is C46H82O13P2. The Morgan fingerprint density at radius 3 is 1.41 bits per heavy atom. The van der Waals surface area contributed by atoms with Gasteiger partial charge in [-0.25, -0.2) is 9.13 Å². The lowest BCUT2D eigenvalue weighted by Crippen LogP contribution is -2.30. The maximum atomic E-state index is 12.7. The molecule has 0 radical (unpaired) electrons. The van der Waals surface area contributed by atoms with E-state index in [-0.39, 0.29) is 12.8 Å². The van der Waals surface area contributed by atoms with Crippen molar-refractivity contribution in [2.75, 3.05) is 26.4 Å². The first-order chi connectivity index (χ1) is 29.4. The lowest BCUT2D eigenvalue weighted by atomic mass is 10.1. The van der Waals surface area contributed by atoms with Crippen molar-refractivity contribution in [3.05, 3.63) is 60.8 Å². The summed E-state index contributed by atoms with van der Waals surface area (Å²) in [5.74, 6) is -1.06. The maximum Gasteiger partial charge on any atom is 0.472 e. The van der Waals surface area contributed by atoms with Gasteiger partial charge in [-0.05, 0) is 77.0 Å². The number of aliphatic hydroxyl groups is 1.